The van der Waals surface area contributed by atoms with Crippen LogP contribution in [-0.4, -0.2) is 20.6 Å². The van der Waals surface area contributed by atoms with E-state index in [0.29, 0.717) is 19.0 Å². The van der Waals surface area contributed by atoms with E-state index in [-0.39, 0.29) is 11.4 Å². The maximum absolute atomic E-state index is 13.4. The molecule has 0 aliphatic heterocycles. The monoisotopic (exact) mass is 434 g/mol. The lowest BCUT2D eigenvalue weighted by Crippen LogP contribution is -2.33. The first-order valence-corrected chi connectivity index (χ1v) is 11.4. The van der Waals surface area contributed by atoms with Gasteiger partial charge < -0.3 is 5.32 Å². The summed E-state index contributed by atoms with van der Waals surface area (Å²) in [6.07, 6.45) is 8.69. The van der Waals surface area contributed by atoms with E-state index >= 15 is 0 Å². The lowest BCUT2D eigenvalue weighted by Gasteiger charge is -2.23. The summed E-state index contributed by atoms with van der Waals surface area (Å²) in [5, 5.41) is 4.40. The average molecular weight is 435 g/mol. The van der Waals surface area contributed by atoms with Gasteiger partial charge >= 0.3 is 0 Å². The zero-order valence-electron chi connectivity index (χ0n) is 17.1. The highest BCUT2D eigenvalue weighted by Crippen LogP contribution is 2.33. The SMILES string of the molecule is O=c1c2c3c(sc2ncn1CCc1cccc(F)c1)CC(NCc1cccnc1)CC3. The average Bonchev–Trinajstić information content (AvgIpc) is 3.16. The Hall–Kier alpha value is -2.90. The molecule has 1 atom stereocenters. The molecular formula is C24H23FN4OS. The molecule has 1 N–H and O–H groups in total. The number of halogens is 1. The van der Waals surface area contributed by atoms with E-state index in [1.165, 1.54) is 22.6 Å². The molecule has 7 heteroatoms. The number of pyridine rings is 1. The molecule has 1 aliphatic rings. The predicted octanol–water partition coefficient (Wildman–Crippen LogP) is 3.88. The number of aryl methyl sites for hydroxylation is 3. The summed E-state index contributed by atoms with van der Waals surface area (Å²) < 4.78 is 15.1. The minimum absolute atomic E-state index is 0.0145. The van der Waals surface area contributed by atoms with Crippen molar-refractivity contribution in [1.82, 2.24) is 19.9 Å². The Labute approximate surface area is 183 Å². The highest BCUT2D eigenvalue weighted by molar-refractivity contribution is 7.18. The van der Waals surface area contributed by atoms with Crippen LogP contribution in [0.3, 0.4) is 0 Å². The highest BCUT2D eigenvalue weighted by Gasteiger charge is 2.25. The number of hydrogen-bond acceptors (Lipinski definition) is 5. The van der Waals surface area contributed by atoms with E-state index < -0.39 is 0 Å². The molecule has 0 saturated carbocycles. The van der Waals surface area contributed by atoms with Crippen LogP contribution in [0.4, 0.5) is 4.39 Å². The van der Waals surface area contributed by atoms with E-state index in [1.54, 1.807) is 34.5 Å². The quantitative estimate of drug-likeness (QED) is 0.500. The van der Waals surface area contributed by atoms with Crippen LogP contribution in [0, 0.1) is 5.82 Å². The normalized spacial score (nSPS) is 15.8. The van der Waals surface area contributed by atoms with Gasteiger partial charge in [0.05, 0.1) is 11.7 Å². The third-order valence-electron chi connectivity index (χ3n) is 5.88. The Kier molecular flexibility index (Phi) is 5.61. The van der Waals surface area contributed by atoms with Crippen molar-refractivity contribution in [3.63, 3.8) is 0 Å². The van der Waals surface area contributed by atoms with E-state index in [2.05, 4.69) is 21.4 Å². The number of nitrogens with zero attached hydrogens (tertiary/aromatic N) is 3. The van der Waals surface area contributed by atoms with Crippen molar-refractivity contribution in [2.75, 3.05) is 0 Å². The smallest absolute Gasteiger partial charge is 0.262 e. The zero-order chi connectivity index (χ0) is 21.2. The van der Waals surface area contributed by atoms with Gasteiger partial charge in [0.1, 0.15) is 10.6 Å². The summed E-state index contributed by atoms with van der Waals surface area (Å²) in [5.74, 6) is -0.253. The Balaban J connectivity index is 1.33. The fourth-order valence-electron chi connectivity index (χ4n) is 4.24. The first-order chi connectivity index (χ1) is 15.2. The van der Waals surface area contributed by atoms with Crippen molar-refractivity contribution in [2.24, 2.45) is 0 Å². The van der Waals surface area contributed by atoms with Gasteiger partial charge in [0.15, 0.2) is 0 Å². The number of benzene rings is 1. The zero-order valence-corrected chi connectivity index (χ0v) is 17.9. The van der Waals surface area contributed by atoms with Crippen LogP contribution in [0.25, 0.3) is 10.2 Å². The summed E-state index contributed by atoms with van der Waals surface area (Å²) in [6, 6.07) is 10.9. The van der Waals surface area contributed by atoms with Gasteiger partial charge in [0.2, 0.25) is 0 Å². The van der Waals surface area contributed by atoms with Gasteiger partial charge in [-0.25, -0.2) is 9.37 Å². The molecule has 31 heavy (non-hydrogen) atoms. The number of aromatic nitrogens is 3. The molecule has 5 rings (SSSR count). The number of nitrogens with one attached hydrogen (secondary N) is 1. The molecule has 1 aromatic carbocycles. The molecule has 3 heterocycles. The van der Waals surface area contributed by atoms with Gasteiger partial charge in [0.25, 0.3) is 5.56 Å². The van der Waals surface area contributed by atoms with Crippen LogP contribution in [0.1, 0.15) is 28.0 Å². The Bertz CT molecular complexity index is 1270. The van der Waals surface area contributed by atoms with Gasteiger partial charge in [-0.15, -0.1) is 11.3 Å². The Morgan fingerprint density at radius 3 is 2.97 bits per heavy atom. The Morgan fingerprint density at radius 2 is 2.13 bits per heavy atom. The lowest BCUT2D eigenvalue weighted by molar-refractivity contribution is 0.462. The molecule has 0 spiro atoms. The number of fused-ring (bicyclic) bond motifs is 3. The second kappa shape index (κ2) is 8.69. The molecule has 0 amide bonds. The first-order valence-electron chi connectivity index (χ1n) is 10.5. The summed E-state index contributed by atoms with van der Waals surface area (Å²) in [6.45, 7) is 1.29. The van der Waals surface area contributed by atoms with Gasteiger partial charge in [-0.1, -0.05) is 18.2 Å². The lowest BCUT2D eigenvalue weighted by atomic mass is 9.93. The van der Waals surface area contributed by atoms with Crippen LogP contribution in [0.5, 0.6) is 0 Å². The minimum atomic E-state index is -0.253. The van der Waals surface area contributed by atoms with E-state index in [1.807, 2.05) is 18.3 Å². The van der Waals surface area contributed by atoms with Crippen molar-refractivity contribution in [2.45, 2.75) is 44.8 Å². The largest absolute Gasteiger partial charge is 0.309 e. The van der Waals surface area contributed by atoms with Gasteiger partial charge in [-0.2, -0.15) is 0 Å². The van der Waals surface area contributed by atoms with Crippen molar-refractivity contribution in [1.29, 1.82) is 0 Å². The summed E-state index contributed by atoms with van der Waals surface area (Å²) in [5.41, 5.74) is 3.23. The van der Waals surface area contributed by atoms with E-state index in [9.17, 15) is 9.18 Å². The second-order valence-electron chi connectivity index (χ2n) is 7.99. The molecule has 0 saturated heterocycles. The third kappa shape index (κ3) is 4.29. The third-order valence-corrected chi connectivity index (χ3v) is 7.05. The van der Waals surface area contributed by atoms with Gasteiger partial charge in [-0.05, 0) is 60.6 Å². The van der Waals surface area contributed by atoms with Crippen LogP contribution >= 0.6 is 11.3 Å². The predicted molar refractivity (Wildman–Crippen MR) is 121 cm³/mol. The molecule has 158 valence electrons. The van der Waals surface area contributed by atoms with E-state index in [0.717, 1.165) is 47.2 Å². The molecule has 0 bridgehead atoms. The highest BCUT2D eigenvalue weighted by atomic mass is 32.1. The molecule has 3 aromatic heterocycles. The second-order valence-corrected chi connectivity index (χ2v) is 9.07. The fourth-order valence-corrected chi connectivity index (χ4v) is 5.50. The standard InChI is InChI=1S/C24H23FN4OS/c25-18-5-1-3-16(11-18)8-10-29-15-28-23-22(24(29)30)20-7-6-19(12-21(20)31-23)27-14-17-4-2-9-26-13-17/h1-5,9,11,13,15,19,27H,6-8,10,12,14H2. The maximum Gasteiger partial charge on any atom is 0.262 e. The van der Waals surface area contributed by atoms with Crippen molar-refractivity contribution in [3.05, 3.63) is 92.9 Å². The maximum atomic E-state index is 13.4. The molecule has 4 aromatic rings. The van der Waals surface area contributed by atoms with Crippen molar-refractivity contribution >= 4 is 21.6 Å². The number of rotatable bonds is 6. The number of thiophene rings is 1. The molecule has 0 fully saturated rings. The fraction of sp³-hybridized carbons (Fsp3) is 0.292. The Morgan fingerprint density at radius 1 is 1.23 bits per heavy atom. The van der Waals surface area contributed by atoms with Gasteiger partial charge in [0, 0.05) is 36.4 Å². The van der Waals surface area contributed by atoms with Crippen molar-refractivity contribution in [3.8, 4) is 0 Å². The molecule has 5 nitrogen and oxygen atoms in total. The van der Waals surface area contributed by atoms with E-state index in [4.69, 9.17) is 0 Å². The van der Waals surface area contributed by atoms with Crippen LogP contribution in [-0.2, 0) is 32.4 Å². The van der Waals surface area contributed by atoms with Crippen LogP contribution in [0.2, 0.25) is 0 Å². The molecular weight excluding hydrogens is 411 g/mol. The summed E-state index contributed by atoms with van der Waals surface area (Å²) in [7, 11) is 0. The minimum Gasteiger partial charge on any atom is -0.309 e. The summed E-state index contributed by atoms with van der Waals surface area (Å²) in [4.78, 5) is 24.0. The first kappa shape index (κ1) is 20.0. The van der Waals surface area contributed by atoms with Gasteiger partial charge in [-0.3, -0.25) is 14.3 Å². The molecule has 1 aliphatic carbocycles. The van der Waals surface area contributed by atoms with Crippen LogP contribution < -0.4 is 10.9 Å². The van der Waals surface area contributed by atoms with Crippen LogP contribution in [0.15, 0.2) is 59.9 Å². The van der Waals surface area contributed by atoms with Crippen molar-refractivity contribution < 1.29 is 4.39 Å². The molecule has 1 unspecified atom stereocenters. The summed E-state index contributed by atoms with van der Waals surface area (Å²) >= 11 is 1.64. The molecule has 0 radical (unpaired) electrons. The topological polar surface area (TPSA) is 59.8 Å². The number of hydrogen-bond donors (Lipinski definition) is 1.